The number of rotatable bonds is 4. The van der Waals surface area contributed by atoms with E-state index in [1.54, 1.807) is 6.07 Å². The standard InChI is InChI=1S/C20H24F2N4O3S/c1-20(2,3)19(27)26-10-8-25(9-11-26)18-7-5-15(13-23-18)30(28,29)24-14-4-6-16(21)17(22)12-14/h4-7,12-13,24H,8-11H2,1-3H3. The normalized spacial score (nSPS) is 15.2. The van der Waals surface area contributed by atoms with Gasteiger partial charge >= 0.3 is 0 Å². The molecule has 10 heteroatoms. The summed E-state index contributed by atoms with van der Waals surface area (Å²) < 4.78 is 53.5. The third-order valence-electron chi connectivity index (χ3n) is 4.74. The van der Waals surface area contributed by atoms with Gasteiger partial charge in [0.1, 0.15) is 10.7 Å². The Morgan fingerprint density at radius 3 is 2.23 bits per heavy atom. The number of nitrogens with one attached hydrogen (secondary N) is 1. The van der Waals surface area contributed by atoms with Crippen LogP contribution < -0.4 is 9.62 Å². The minimum atomic E-state index is -4.00. The lowest BCUT2D eigenvalue weighted by molar-refractivity contribution is -0.139. The summed E-state index contributed by atoms with van der Waals surface area (Å²) in [6.07, 6.45) is 1.21. The molecule has 0 bridgehead atoms. The van der Waals surface area contributed by atoms with Crippen LogP contribution in [0.5, 0.6) is 0 Å². The van der Waals surface area contributed by atoms with Crippen LogP contribution in [0.1, 0.15) is 20.8 Å². The third kappa shape index (κ3) is 4.86. The van der Waals surface area contributed by atoms with Crippen LogP contribution in [0.4, 0.5) is 20.3 Å². The first-order valence-electron chi connectivity index (χ1n) is 9.45. The van der Waals surface area contributed by atoms with Crippen LogP contribution in [-0.2, 0) is 14.8 Å². The molecule has 1 amide bonds. The summed E-state index contributed by atoms with van der Waals surface area (Å²) in [6, 6.07) is 5.74. The summed E-state index contributed by atoms with van der Waals surface area (Å²) in [5, 5.41) is 0. The lowest BCUT2D eigenvalue weighted by atomic mass is 9.94. The molecule has 1 aliphatic heterocycles. The van der Waals surface area contributed by atoms with Gasteiger partial charge in [-0.2, -0.15) is 0 Å². The van der Waals surface area contributed by atoms with Crippen molar-refractivity contribution in [2.24, 2.45) is 5.41 Å². The van der Waals surface area contributed by atoms with Crippen molar-refractivity contribution in [2.75, 3.05) is 35.8 Å². The highest BCUT2D eigenvalue weighted by Crippen LogP contribution is 2.22. The van der Waals surface area contributed by atoms with Crippen molar-refractivity contribution in [3.63, 3.8) is 0 Å². The number of benzene rings is 1. The molecule has 0 aliphatic carbocycles. The Labute approximate surface area is 174 Å². The molecule has 1 aromatic heterocycles. The maximum absolute atomic E-state index is 13.3. The smallest absolute Gasteiger partial charge is 0.263 e. The molecule has 0 unspecified atom stereocenters. The molecule has 1 aromatic carbocycles. The molecule has 0 saturated carbocycles. The van der Waals surface area contributed by atoms with Gasteiger partial charge in [-0.1, -0.05) is 20.8 Å². The number of nitrogens with zero attached hydrogens (tertiary/aromatic N) is 3. The first kappa shape index (κ1) is 21.9. The summed E-state index contributed by atoms with van der Waals surface area (Å²) >= 11 is 0. The number of pyridine rings is 1. The molecular weight excluding hydrogens is 414 g/mol. The SMILES string of the molecule is CC(C)(C)C(=O)N1CCN(c2ccc(S(=O)(=O)Nc3ccc(F)c(F)c3)cn2)CC1. The zero-order valence-electron chi connectivity index (χ0n) is 17.0. The van der Waals surface area contributed by atoms with E-state index >= 15 is 0 Å². The Morgan fingerprint density at radius 2 is 1.70 bits per heavy atom. The fourth-order valence-electron chi connectivity index (χ4n) is 3.11. The number of amides is 1. The monoisotopic (exact) mass is 438 g/mol. The molecule has 1 fully saturated rings. The second kappa shape index (κ2) is 8.17. The number of hydrogen-bond donors (Lipinski definition) is 1. The van der Waals surface area contributed by atoms with Gasteiger partial charge in [-0.3, -0.25) is 9.52 Å². The molecule has 3 rings (SSSR count). The van der Waals surface area contributed by atoms with E-state index in [0.717, 1.165) is 18.2 Å². The van der Waals surface area contributed by atoms with Crippen LogP contribution >= 0.6 is 0 Å². The van der Waals surface area contributed by atoms with Gasteiger partial charge in [0, 0.05) is 43.9 Å². The zero-order valence-corrected chi connectivity index (χ0v) is 17.8. The van der Waals surface area contributed by atoms with E-state index in [4.69, 9.17) is 0 Å². The number of piperazine rings is 1. The van der Waals surface area contributed by atoms with Crippen molar-refractivity contribution >= 4 is 27.4 Å². The molecule has 1 aliphatic rings. The molecule has 30 heavy (non-hydrogen) atoms. The van der Waals surface area contributed by atoms with Crippen molar-refractivity contribution in [3.8, 4) is 0 Å². The highest BCUT2D eigenvalue weighted by atomic mass is 32.2. The van der Waals surface area contributed by atoms with E-state index < -0.39 is 27.1 Å². The lowest BCUT2D eigenvalue weighted by Crippen LogP contribution is -2.51. The largest absolute Gasteiger partial charge is 0.353 e. The predicted octanol–water partition coefficient (Wildman–Crippen LogP) is 2.86. The topological polar surface area (TPSA) is 82.6 Å². The molecule has 0 spiro atoms. The molecule has 162 valence electrons. The van der Waals surface area contributed by atoms with Gasteiger partial charge in [0.15, 0.2) is 11.6 Å². The molecule has 0 atom stereocenters. The second-order valence-electron chi connectivity index (χ2n) is 8.12. The van der Waals surface area contributed by atoms with Crippen molar-refractivity contribution in [1.82, 2.24) is 9.88 Å². The Balaban J connectivity index is 1.66. The van der Waals surface area contributed by atoms with Crippen molar-refractivity contribution in [1.29, 1.82) is 0 Å². The van der Waals surface area contributed by atoms with Gasteiger partial charge in [0.25, 0.3) is 10.0 Å². The van der Waals surface area contributed by atoms with E-state index in [-0.39, 0.29) is 16.5 Å². The average molecular weight is 439 g/mol. The summed E-state index contributed by atoms with van der Waals surface area (Å²) in [5.74, 6) is -1.51. The highest BCUT2D eigenvalue weighted by molar-refractivity contribution is 7.92. The number of carbonyl (C=O) groups excluding carboxylic acids is 1. The summed E-state index contributed by atoms with van der Waals surface area (Å²) in [5.41, 5.74) is -0.519. The third-order valence-corrected chi connectivity index (χ3v) is 6.10. The quantitative estimate of drug-likeness (QED) is 0.794. The number of anilines is 2. The second-order valence-corrected chi connectivity index (χ2v) is 9.80. The number of halogens is 2. The first-order valence-corrected chi connectivity index (χ1v) is 10.9. The van der Waals surface area contributed by atoms with E-state index in [1.807, 2.05) is 30.6 Å². The summed E-state index contributed by atoms with van der Waals surface area (Å²) in [4.78, 5) is 20.3. The average Bonchev–Trinajstić information content (AvgIpc) is 2.69. The Bertz CT molecular complexity index is 1030. The fourth-order valence-corrected chi connectivity index (χ4v) is 4.10. The fraction of sp³-hybridized carbons (Fsp3) is 0.400. The Kier molecular flexibility index (Phi) is 5.98. The summed E-state index contributed by atoms with van der Waals surface area (Å²) in [7, 11) is -4.00. The first-order chi connectivity index (χ1) is 14.0. The van der Waals surface area contributed by atoms with Crippen molar-refractivity contribution in [3.05, 3.63) is 48.2 Å². The van der Waals surface area contributed by atoms with Crippen LogP contribution in [0.15, 0.2) is 41.4 Å². The van der Waals surface area contributed by atoms with Gasteiger partial charge < -0.3 is 9.80 Å². The number of sulfonamides is 1. The lowest BCUT2D eigenvalue weighted by Gasteiger charge is -2.38. The van der Waals surface area contributed by atoms with E-state index in [0.29, 0.717) is 32.0 Å². The number of carbonyl (C=O) groups is 1. The van der Waals surface area contributed by atoms with Gasteiger partial charge in [-0.25, -0.2) is 22.2 Å². The Morgan fingerprint density at radius 1 is 1.03 bits per heavy atom. The molecule has 1 saturated heterocycles. The highest BCUT2D eigenvalue weighted by Gasteiger charge is 2.30. The van der Waals surface area contributed by atoms with E-state index in [2.05, 4.69) is 9.71 Å². The summed E-state index contributed by atoms with van der Waals surface area (Å²) in [6.45, 7) is 7.97. The van der Waals surface area contributed by atoms with E-state index in [1.165, 1.54) is 12.3 Å². The van der Waals surface area contributed by atoms with Crippen LogP contribution in [0.2, 0.25) is 0 Å². The molecule has 1 N–H and O–H groups in total. The van der Waals surface area contributed by atoms with Crippen molar-refractivity contribution < 1.29 is 22.0 Å². The van der Waals surface area contributed by atoms with Crippen LogP contribution in [-0.4, -0.2) is 50.4 Å². The minimum Gasteiger partial charge on any atom is -0.353 e. The van der Waals surface area contributed by atoms with Gasteiger partial charge in [0.2, 0.25) is 5.91 Å². The van der Waals surface area contributed by atoms with E-state index in [9.17, 15) is 22.0 Å². The van der Waals surface area contributed by atoms with Crippen LogP contribution in [0, 0.1) is 17.0 Å². The van der Waals surface area contributed by atoms with Gasteiger partial charge in [-0.05, 0) is 24.3 Å². The maximum Gasteiger partial charge on any atom is 0.263 e. The number of aromatic nitrogens is 1. The van der Waals surface area contributed by atoms with Crippen molar-refractivity contribution in [2.45, 2.75) is 25.7 Å². The molecule has 7 nitrogen and oxygen atoms in total. The minimum absolute atomic E-state index is 0.0855. The van der Waals surface area contributed by atoms with Crippen LogP contribution in [0.25, 0.3) is 0 Å². The maximum atomic E-state index is 13.3. The predicted molar refractivity (Wildman–Crippen MR) is 110 cm³/mol. The molecular formula is C20H24F2N4O3S. The molecule has 0 radical (unpaired) electrons. The van der Waals surface area contributed by atoms with Crippen LogP contribution in [0.3, 0.4) is 0 Å². The Hall–Kier alpha value is -2.75. The number of hydrogen-bond acceptors (Lipinski definition) is 5. The van der Waals surface area contributed by atoms with Gasteiger partial charge in [0.05, 0.1) is 5.69 Å². The molecule has 2 aromatic rings. The zero-order chi connectivity index (χ0) is 22.1. The molecule has 2 heterocycles. The van der Waals surface area contributed by atoms with Gasteiger partial charge in [-0.15, -0.1) is 0 Å².